The molecule has 0 aliphatic carbocycles. The van der Waals surface area contributed by atoms with Gasteiger partial charge in [0.05, 0.1) is 6.04 Å². The largest absolute Gasteiger partial charge is 0.454 e. The first-order chi connectivity index (χ1) is 13.1. The highest BCUT2D eigenvalue weighted by atomic mass is 16.7. The number of benzene rings is 2. The van der Waals surface area contributed by atoms with Gasteiger partial charge in [-0.05, 0) is 55.4 Å². The normalized spacial score (nSPS) is 13.9. The van der Waals surface area contributed by atoms with E-state index < -0.39 is 0 Å². The molecular formula is C22H26N2O3. The summed E-state index contributed by atoms with van der Waals surface area (Å²) in [5.41, 5.74) is 3.40. The molecule has 1 atom stereocenters. The molecule has 5 heteroatoms. The Balaban J connectivity index is 1.58. The predicted octanol–water partition coefficient (Wildman–Crippen LogP) is 3.41. The molecule has 0 radical (unpaired) electrons. The summed E-state index contributed by atoms with van der Waals surface area (Å²) in [7, 11) is 4.04. The van der Waals surface area contributed by atoms with Gasteiger partial charge >= 0.3 is 0 Å². The van der Waals surface area contributed by atoms with Crippen molar-refractivity contribution in [2.75, 3.05) is 27.4 Å². The van der Waals surface area contributed by atoms with Crippen LogP contribution in [0.4, 0.5) is 0 Å². The van der Waals surface area contributed by atoms with Gasteiger partial charge in [0.1, 0.15) is 0 Å². The summed E-state index contributed by atoms with van der Waals surface area (Å²) in [4.78, 5) is 14.4. The Morgan fingerprint density at radius 3 is 2.59 bits per heavy atom. The van der Waals surface area contributed by atoms with Gasteiger partial charge in [0, 0.05) is 12.6 Å². The van der Waals surface area contributed by atoms with E-state index in [2.05, 4.69) is 41.4 Å². The summed E-state index contributed by atoms with van der Waals surface area (Å²) < 4.78 is 10.6. The SMILES string of the molecule is CCc1ccc([C@H](CNC(=O)/C=C\c2ccc3c(c2)OCO3)N(C)C)cc1. The number of fused-ring (bicyclic) bond motifs is 1. The molecule has 0 spiro atoms. The fourth-order valence-electron chi connectivity index (χ4n) is 3.02. The smallest absolute Gasteiger partial charge is 0.244 e. The highest BCUT2D eigenvalue weighted by Gasteiger charge is 2.15. The van der Waals surface area contributed by atoms with Gasteiger partial charge in [-0.25, -0.2) is 0 Å². The van der Waals surface area contributed by atoms with E-state index >= 15 is 0 Å². The second kappa shape index (κ2) is 8.73. The van der Waals surface area contributed by atoms with E-state index in [1.54, 1.807) is 12.2 Å². The van der Waals surface area contributed by atoms with Crippen LogP contribution in [0, 0.1) is 0 Å². The van der Waals surface area contributed by atoms with Gasteiger partial charge in [-0.15, -0.1) is 0 Å². The van der Waals surface area contributed by atoms with Crippen LogP contribution in [0.15, 0.2) is 48.5 Å². The van der Waals surface area contributed by atoms with Crippen LogP contribution in [0.2, 0.25) is 0 Å². The lowest BCUT2D eigenvalue weighted by molar-refractivity contribution is -0.116. The molecule has 0 saturated carbocycles. The first-order valence-corrected chi connectivity index (χ1v) is 9.17. The fourth-order valence-corrected chi connectivity index (χ4v) is 3.02. The Kier molecular flexibility index (Phi) is 6.14. The van der Waals surface area contributed by atoms with E-state index in [1.807, 2.05) is 32.3 Å². The van der Waals surface area contributed by atoms with Crippen LogP contribution < -0.4 is 14.8 Å². The number of nitrogens with one attached hydrogen (secondary N) is 1. The maximum absolute atomic E-state index is 12.2. The number of likely N-dealkylation sites (N-methyl/N-ethyl adjacent to an activating group) is 1. The minimum Gasteiger partial charge on any atom is -0.454 e. The van der Waals surface area contributed by atoms with Crippen molar-refractivity contribution in [2.24, 2.45) is 0 Å². The number of rotatable bonds is 7. The van der Waals surface area contributed by atoms with Crippen molar-refractivity contribution in [3.05, 3.63) is 65.2 Å². The topological polar surface area (TPSA) is 50.8 Å². The van der Waals surface area contributed by atoms with E-state index in [-0.39, 0.29) is 18.7 Å². The van der Waals surface area contributed by atoms with Crippen molar-refractivity contribution in [3.63, 3.8) is 0 Å². The average Bonchev–Trinajstić information content (AvgIpc) is 3.14. The first kappa shape index (κ1) is 19.0. The predicted molar refractivity (Wildman–Crippen MR) is 107 cm³/mol. The number of hydrogen-bond donors (Lipinski definition) is 1. The summed E-state index contributed by atoms with van der Waals surface area (Å²) in [6.45, 7) is 2.93. The minimum atomic E-state index is -0.121. The molecule has 3 rings (SSSR count). The molecule has 1 aliphatic rings. The van der Waals surface area contributed by atoms with Gasteiger partial charge in [0.15, 0.2) is 11.5 Å². The molecule has 5 nitrogen and oxygen atoms in total. The molecule has 2 aromatic carbocycles. The molecule has 1 N–H and O–H groups in total. The first-order valence-electron chi connectivity index (χ1n) is 9.17. The molecule has 0 saturated heterocycles. The van der Waals surface area contributed by atoms with Crippen molar-refractivity contribution in [2.45, 2.75) is 19.4 Å². The molecule has 142 valence electrons. The zero-order valence-electron chi connectivity index (χ0n) is 16.1. The van der Waals surface area contributed by atoms with Gasteiger partial charge in [-0.3, -0.25) is 4.79 Å². The van der Waals surface area contributed by atoms with Crippen LogP contribution >= 0.6 is 0 Å². The number of aryl methyl sites for hydroxylation is 1. The van der Waals surface area contributed by atoms with Gasteiger partial charge in [-0.2, -0.15) is 0 Å². The second-order valence-electron chi connectivity index (χ2n) is 6.77. The fraction of sp³-hybridized carbons (Fsp3) is 0.318. The van der Waals surface area contributed by atoms with E-state index in [0.717, 1.165) is 17.7 Å². The van der Waals surface area contributed by atoms with Gasteiger partial charge in [0.25, 0.3) is 0 Å². The number of ether oxygens (including phenoxy) is 2. The molecule has 2 aromatic rings. The van der Waals surface area contributed by atoms with E-state index in [9.17, 15) is 4.79 Å². The van der Waals surface area contributed by atoms with E-state index in [0.29, 0.717) is 12.3 Å². The van der Waals surface area contributed by atoms with E-state index in [1.165, 1.54) is 11.1 Å². The number of nitrogens with zero attached hydrogens (tertiary/aromatic N) is 1. The third-order valence-electron chi connectivity index (χ3n) is 4.69. The summed E-state index contributed by atoms with van der Waals surface area (Å²) >= 11 is 0. The van der Waals surface area contributed by atoms with Crippen LogP contribution in [0.25, 0.3) is 6.08 Å². The third-order valence-corrected chi connectivity index (χ3v) is 4.69. The monoisotopic (exact) mass is 366 g/mol. The number of carbonyl (C=O) groups is 1. The zero-order chi connectivity index (χ0) is 19.2. The maximum Gasteiger partial charge on any atom is 0.244 e. The lowest BCUT2D eigenvalue weighted by atomic mass is 10.0. The Bertz CT molecular complexity index is 813. The van der Waals surface area contributed by atoms with Gasteiger partial charge in [0.2, 0.25) is 12.7 Å². The highest BCUT2D eigenvalue weighted by molar-refractivity contribution is 5.91. The molecular weight excluding hydrogens is 340 g/mol. The molecule has 27 heavy (non-hydrogen) atoms. The zero-order valence-corrected chi connectivity index (χ0v) is 16.1. The van der Waals surface area contributed by atoms with Crippen LogP contribution in [-0.4, -0.2) is 38.2 Å². The molecule has 1 amide bonds. The number of amides is 1. The molecule has 0 fully saturated rings. The Labute approximate surface area is 160 Å². The summed E-state index contributed by atoms with van der Waals surface area (Å²) in [6.07, 6.45) is 4.34. The lowest BCUT2D eigenvalue weighted by Crippen LogP contribution is -2.33. The van der Waals surface area contributed by atoms with Crippen molar-refractivity contribution in [1.82, 2.24) is 10.2 Å². The Morgan fingerprint density at radius 1 is 1.15 bits per heavy atom. The number of hydrogen-bond acceptors (Lipinski definition) is 4. The van der Waals surface area contributed by atoms with Crippen LogP contribution in [0.5, 0.6) is 11.5 Å². The average molecular weight is 366 g/mol. The van der Waals surface area contributed by atoms with E-state index in [4.69, 9.17) is 9.47 Å². The standard InChI is InChI=1S/C22H26N2O3/c1-4-16-5-9-18(10-6-16)19(24(2)3)14-23-22(25)12-8-17-7-11-20-21(13-17)27-15-26-20/h5-13,19H,4,14-15H2,1-3H3,(H,23,25)/b12-8-/t19-/m0/s1. The van der Waals surface area contributed by atoms with Crippen LogP contribution in [0.3, 0.4) is 0 Å². The maximum atomic E-state index is 12.2. The summed E-state index contributed by atoms with van der Waals surface area (Å²) in [5, 5.41) is 2.99. The van der Waals surface area contributed by atoms with Crippen molar-refractivity contribution < 1.29 is 14.3 Å². The van der Waals surface area contributed by atoms with Gasteiger partial charge in [-0.1, -0.05) is 37.3 Å². The lowest BCUT2D eigenvalue weighted by Gasteiger charge is -2.25. The molecule has 1 aliphatic heterocycles. The quantitative estimate of drug-likeness (QED) is 0.763. The van der Waals surface area contributed by atoms with Crippen molar-refractivity contribution in [1.29, 1.82) is 0 Å². The minimum absolute atomic E-state index is 0.121. The Hall–Kier alpha value is -2.79. The van der Waals surface area contributed by atoms with Crippen molar-refractivity contribution in [3.8, 4) is 11.5 Å². The Morgan fingerprint density at radius 2 is 1.89 bits per heavy atom. The third kappa shape index (κ3) is 4.89. The highest BCUT2D eigenvalue weighted by Crippen LogP contribution is 2.32. The summed E-state index contributed by atoms with van der Waals surface area (Å²) in [6, 6.07) is 14.3. The van der Waals surface area contributed by atoms with Crippen molar-refractivity contribution >= 4 is 12.0 Å². The molecule has 0 bridgehead atoms. The molecule has 0 unspecified atom stereocenters. The summed E-state index contributed by atoms with van der Waals surface area (Å²) in [5.74, 6) is 1.32. The molecule has 1 heterocycles. The second-order valence-corrected chi connectivity index (χ2v) is 6.77. The number of carbonyl (C=O) groups excluding carboxylic acids is 1. The molecule has 0 aromatic heterocycles. The van der Waals surface area contributed by atoms with Crippen LogP contribution in [0.1, 0.15) is 29.7 Å². The van der Waals surface area contributed by atoms with Crippen LogP contribution in [-0.2, 0) is 11.2 Å². The van der Waals surface area contributed by atoms with Gasteiger partial charge < -0.3 is 19.7 Å².